The van der Waals surface area contributed by atoms with Crippen LogP contribution in [0.4, 0.5) is 0 Å². The molecule has 7 rings (SSSR count). The summed E-state index contributed by atoms with van der Waals surface area (Å²) in [5, 5.41) is 2.41. The zero-order valence-corrected chi connectivity index (χ0v) is 25.2. The highest BCUT2D eigenvalue weighted by atomic mass is 16.8. The van der Waals surface area contributed by atoms with Crippen LogP contribution in [0.2, 0.25) is 0 Å². The van der Waals surface area contributed by atoms with E-state index in [2.05, 4.69) is 78.9 Å². The number of hydrogen-bond acceptors (Lipinski definition) is 6. The molecule has 2 aliphatic rings. The smallest absolute Gasteiger partial charge is 0.187 e. The lowest BCUT2D eigenvalue weighted by Gasteiger charge is -2.40. The van der Waals surface area contributed by atoms with Gasteiger partial charge in [-0.1, -0.05) is 127 Å². The fourth-order valence-electron chi connectivity index (χ4n) is 6.11. The van der Waals surface area contributed by atoms with Crippen LogP contribution in [0.3, 0.4) is 0 Å². The summed E-state index contributed by atoms with van der Waals surface area (Å²) in [5.74, 6) is 0. The largest absolute Gasteiger partial charge is 0.374 e. The van der Waals surface area contributed by atoms with Crippen molar-refractivity contribution in [3.8, 4) is 0 Å². The van der Waals surface area contributed by atoms with Gasteiger partial charge < -0.3 is 28.4 Å². The molecule has 2 bridgehead atoms. The van der Waals surface area contributed by atoms with E-state index in [1.807, 2.05) is 54.6 Å². The fraction of sp³-hybridized carbons (Fsp3) is 0.282. The summed E-state index contributed by atoms with van der Waals surface area (Å²) in [6.45, 7) is 2.07. The molecule has 6 nitrogen and oxygen atoms in total. The van der Waals surface area contributed by atoms with E-state index in [-0.39, 0.29) is 12.2 Å². The Hall–Kier alpha value is -3.88. The Bertz CT molecular complexity index is 1630. The van der Waals surface area contributed by atoms with E-state index in [1.54, 1.807) is 0 Å². The van der Waals surface area contributed by atoms with Crippen molar-refractivity contribution in [1.29, 1.82) is 0 Å². The Morgan fingerprint density at radius 3 is 1.60 bits per heavy atom. The van der Waals surface area contributed by atoms with Gasteiger partial charge in [-0.25, -0.2) is 0 Å². The predicted molar refractivity (Wildman–Crippen MR) is 172 cm³/mol. The molecule has 45 heavy (non-hydrogen) atoms. The van der Waals surface area contributed by atoms with Gasteiger partial charge in [0, 0.05) is 0 Å². The molecule has 2 heterocycles. The second kappa shape index (κ2) is 14.5. The van der Waals surface area contributed by atoms with E-state index in [9.17, 15) is 0 Å². The fourth-order valence-corrected chi connectivity index (χ4v) is 6.11. The summed E-state index contributed by atoms with van der Waals surface area (Å²) in [5.41, 5.74) is 4.33. The van der Waals surface area contributed by atoms with Gasteiger partial charge in [0.25, 0.3) is 0 Å². The quantitative estimate of drug-likeness (QED) is 0.142. The van der Waals surface area contributed by atoms with Gasteiger partial charge in [0.1, 0.15) is 30.5 Å². The van der Waals surface area contributed by atoms with Crippen molar-refractivity contribution in [2.75, 3.05) is 6.61 Å². The zero-order valence-electron chi connectivity index (χ0n) is 25.2. The van der Waals surface area contributed by atoms with Crippen molar-refractivity contribution in [3.63, 3.8) is 0 Å². The van der Waals surface area contributed by atoms with Gasteiger partial charge in [0.05, 0.1) is 33.0 Å². The van der Waals surface area contributed by atoms with E-state index in [0.29, 0.717) is 33.0 Å². The molecule has 230 valence electrons. The Balaban J connectivity index is 1.11. The van der Waals surface area contributed by atoms with Crippen LogP contribution in [0.25, 0.3) is 10.8 Å². The van der Waals surface area contributed by atoms with Crippen LogP contribution in [0.5, 0.6) is 0 Å². The second-order valence-electron chi connectivity index (χ2n) is 11.6. The number of ether oxygens (including phenoxy) is 6. The minimum absolute atomic E-state index is 0.343. The van der Waals surface area contributed by atoms with Gasteiger partial charge in [-0.3, -0.25) is 0 Å². The van der Waals surface area contributed by atoms with Crippen molar-refractivity contribution >= 4 is 10.8 Å². The zero-order chi connectivity index (χ0) is 30.3. The molecule has 2 saturated heterocycles. The average Bonchev–Trinajstić information content (AvgIpc) is 3.47. The monoisotopic (exact) mass is 602 g/mol. The molecule has 0 saturated carbocycles. The van der Waals surface area contributed by atoms with E-state index in [0.717, 1.165) is 22.3 Å². The molecule has 5 aromatic carbocycles. The lowest BCUT2D eigenvalue weighted by molar-refractivity contribution is -0.268. The highest BCUT2D eigenvalue weighted by Gasteiger charge is 2.57. The molecule has 2 fully saturated rings. The molecule has 0 aromatic heterocycles. The van der Waals surface area contributed by atoms with Gasteiger partial charge >= 0.3 is 0 Å². The Morgan fingerprint density at radius 2 is 0.978 bits per heavy atom. The van der Waals surface area contributed by atoms with Crippen molar-refractivity contribution in [2.45, 2.75) is 63.2 Å². The van der Waals surface area contributed by atoms with Crippen LogP contribution in [0.1, 0.15) is 22.3 Å². The first-order chi connectivity index (χ1) is 22.3. The van der Waals surface area contributed by atoms with Gasteiger partial charge in [-0.2, -0.15) is 0 Å². The summed E-state index contributed by atoms with van der Waals surface area (Å²) < 4.78 is 39.2. The molecule has 0 spiro atoms. The average molecular weight is 603 g/mol. The van der Waals surface area contributed by atoms with E-state index in [4.69, 9.17) is 28.4 Å². The third-order valence-corrected chi connectivity index (χ3v) is 8.43. The standard InChI is InChI=1S/C39H38O6/c1-4-12-28(13-5-1)24-41-36-35-34(27-40-23-31-20-21-32-18-10-11-19-33(32)22-31)44-39(45-35)38(43-26-30-16-8-3-9-17-30)37(36)42-25-29-14-6-2-7-15-29/h1-22,34-39H,23-27H2/t34-,35+,36+,37-,38-,39+/m1/s1. The van der Waals surface area contributed by atoms with Crippen LogP contribution in [0.15, 0.2) is 133 Å². The second-order valence-corrected chi connectivity index (χ2v) is 11.6. The normalized spacial score (nSPS) is 24.2. The van der Waals surface area contributed by atoms with E-state index < -0.39 is 24.6 Å². The highest BCUT2D eigenvalue weighted by molar-refractivity contribution is 5.82. The minimum Gasteiger partial charge on any atom is -0.374 e. The van der Waals surface area contributed by atoms with Gasteiger partial charge in [0.2, 0.25) is 0 Å². The molecule has 5 aromatic rings. The van der Waals surface area contributed by atoms with Crippen LogP contribution in [0, 0.1) is 0 Å². The lowest BCUT2D eigenvalue weighted by atomic mass is 9.97. The maximum atomic E-state index is 6.66. The number of rotatable bonds is 13. The van der Waals surface area contributed by atoms with Crippen molar-refractivity contribution in [1.82, 2.24) is 0 Å². The first kappa shape index (κ1) is 29.8. The molecule has 6 heteroatoms. The van der Waals surface area contributed by atoms with Crippen molar-refractivity contribution in [3.05, 3.63) is 156 Å². The third-order valence-electron chi connectivity index (χ3n) is 8.43. The molecular weight excluding hydrogens is 564 g/mol. The SMILES string of the molecule is c1ccc(CO[C@@H]2[C@@H](OCc3ccccc3)[C@@H](OCc3ccccc3)[C@@H]3O[C@H]2[C@@H](COCc2ccc4ccccc4c2)O3)cc1. The number of fused-ring (bicyclic) bond motifs is 3. The van der Waals surface area contributed by atoms with Crippen LogP contribution in [-0.2, 0) is 54.8 Å². The summed E-state index contributed by atoms with van der Waals surface area (Å²) in [6.07, 6.45) is -2.70. The van der Waals surface area contributed by atoms with Crippen molar-refractivity contribution < 1.29 is 28.4 Å². The molecule has 0 aliphatic carbocycles. The summed E-state index contributed by atoms with van der Waals surface area (Å²) >= 11 is 0. The van der Waals surface area contributed by atoms with Gasteiger partial charge in [-0.05, 0) is 39.1 Å². The van der Waals surface area contributed by atoms with Gasteiger partial charge in [-0.15, -0.1) is 0 Å². The Kier molecular flexibility index (Phi) is 9.59. The molecule has 2 aliphatic heterocycles. The summed E-state index contributed by atoms with van der Waals surface area (Å²) in [4.78, 5) is 0. The molecule has 0 unspecified atom stereocenters. The summed E-state index contributed by atoms with van der Waals surface area (Å²) in [7, 11) is 0. The van der Waals surface area contributed by atoms with Crippen molar-refractivity contribution in [2.24, 2.45) is 0 Å². The maximum absolute atomic E-state index is 6.66. The maximum Gasteiger partial charge on any atom is 0.187 e. The Labute approximate surface area is 264 Å². The molecule has 0 radical (unpaired) electrons. The predicted octanol–water partition coefficient (Wildman–Crippen LogP) is 7.24. The van der Waals surface area contributed by atoms with E-state index >= 15 is 0 Å². The highest BCUT2D eigenvalue weighted by Crippen LogP contribution is 2.38. The minimum atomic E-state index is -0.606. The first-order valence-corrected chi connectivity index (χ1v) is 15.6. The van der Waals surface area contributed by atoms with Crippen LogP contribution < -0.4 is 0 Å². The van der Waals surface area contributed by atoms with E-state index in [1.165, 1.54) is 10.8 Å². The third kappa shape index (κ3) is 7.34. The molecule has 0 amide bonds. The number of hydrogen-bond donors (Lipinski definition) is 0. The van der Waals surface area contributed by atoms with Crippen LogP contribution in [-0.4, -0.2) is 43.4 Å². The summed E-state index contributed by atoms with van der Waals surface area (Å²) in [6, 6.07) is 45.2. The van der Waals surface area contributed by atoms with Crippen LogP contribution >= 0.6 is 0 Å². The Morgan fingerprint density at radius 1 is 0.444 bits per heavy atom. The number of benzene rings is 5. The molecule has 6 atom stereocenters. The topological polar surface area (TPSA) is 55.4 Å². The lowest BCUT2D eigenvalue weighted by Crippen LogP contribution is -2.57. The molecular formula is C39H38O6. The van der Waals surface area contributed by atoms with Gasteiger partial charge in [0.15, 0.2) is 6.29 Å². The first-order valence-electron chi connectivity index (χ1n) is 15.6. The molecule has 0 N–H and O–H groups in total.